The van der Waals surface area contributed by atoms with Crippen molar-refractivity contribution < 1.29 is 9.59 Å². The van der Waals surface area contributed by atoms with Crippen LogP contribution in [0.2, 0.25) is 0 Å². The fourth-order valence-electron chi connectivity index (χ4n) is 3.51. The van der Waals surface area contributed by atoms with Crippen molar-refractivity contribution in [1.29, 1.82) is 0 Å². The highest BCUT2D eigenvalue weighted by Crippen LogP contribution is 2.29. The number of nitrogens with zero attached hydrogens (tertiary/aromatic N) is 4. The Bertz CT molecular complexity index is 1050. The van der Waals surface area contributed by atoms with E-state index in [-0.39, 0.29) is 24.4 Å². The fourth-order valence-corrected chi connectivity index (χ4v) is 3.51. The van der Waals surface area contributed by atoms with Gasteiger partial charge in [-0.15, -0.1) is 5.10 Å². The molecule has 2 aliphatic rings. The molecule has 2 aliphatic carbocycles. The van der Waals surface area contributed by atoms with Gasteiger partial charge in [-0.1, -0.05) is 29.5 Å². The molecule has 0 aliphatic heterocycles. The predicted octanol–water partition coefficient (Wildman–Crippen LogP) is 2.51. The van der Waals surface area contributed by atoms with E-state index in [4.69, 9.17) is 0 Å². The van der Waals surface area contributed by atoms with Gasteiger partial charge in [0.1, 0.15) is 12.1 Å². The third-order valence-electron chi connectivity index (χ3n) is 5.49. The Labute approximate surface area is 168 Å². The monoisotopic (exact) mass is 389 g/mol. The molecule has 0 unspecified atom stereocenters. The van der Waals surface area contributed by atoms with E-state index in [1.165, 1.54) is 0 Å². The number of benzene rings is 2. The number of hydrogen-bond acceptors (Lipinski definition) is 4. The average molecular weight is 389 g/mol. The summed E-state index contributed by atoms with van der Waals surface area (Å²) in [5.41, 5.74) is 3.34. The molecule has 7 nitrogen and oxygen atoms in total. The van der Waals surface area contributed by atoms with Gasteiger partial charge in [-0.3, -0.25) is 9.59 Å². The van der Waals surface area contributed by atoms with Crippen LogP contribution < -0.4 is 5.32 Å². The highest BCUT2D eigenvalue weighted by molar-refractivity contribution is 5.94. The molecule has 7 heteroatoms. The van der Waals surface area contributed by atoms with Crippen LogP contribution in [-0.2, 0) is 17.9 Å². The van der Waals surface area contributed by atoms with Gasteiger partial charge in [-0.25, -0.2) is 4.68 Å². The lowest BCUT2D eigenvalue weighted by molar-refractivity contribution is -0.133. The zero-order valence-electron chi connectivity index (χ0n) is 16.1. The number of carbonyl (C=O) groups is 2. The van der Waals surface area contributed by atoms with Crippen LogP contribution in [0, 0.1) is 0 Å². The first-order chi connectivity index (χ1) is 14.2. The molecule has 0 radical (unpaired) electrons. The quantitative estimate of drug-likeness (QED) is 0.673. The molecular formula is C22H23N5O2. The molecule has 1 N–H and O–H groups in total. The standard InChI is InChI=1S/C22H23N5O2/c28-21(14-27-20-4-2-1-3-19(20)24-25-27)26(18-11-12-18)13-15-5-7-16(8-6-15)22(29)23-17-9-10-17/h1-8,17-18H,9-14H2,(H,23,29). The number of fused-ring (bicyclic) bond motifs is 1. The van der Waals surface area contributed by atoms with Crippen LogP contribution in [0.15, 0.2) is 48.5 Å². The third kappa shape index (κ3) is 3.99. The number of hydrogen-bond donors (Lipinski definition) is 1. The molecule has 2 aromatic carbocycles. The van der Waals surface area contributed by atoms with Crippen LogP contribution >= 0.6 is 0 Å². The first kappa shape index (κ1) is 17.8. The van der Waals surface area contributed by atoms with Gasteiger partial charge in [0.25, 0.3) is 5.91 Å². The number of aromatic nitrogens is 3. The van der Waals surface area contributed by atoms with E-state index in [0.29, 0.717) is 18.2 Å². The van der Waals surface area contributed by atoms with Gasteiger partial charge in [-0.05, 0) is 55.5 Å². The van der Waals surface area contributed by atoms with Crippen molar-refractivity contribution in [3.8, 4) is 0 Å². The minimum atomic E-state index is -0.0211. The Hall–Kier alpha value is -3.22. The van der Waals surface area contributed by atoms with E-state index in [1.54, 1.807) is 4.68 Å². The van der Waals surface area contributed by atoms with Crippen molar-refractivity contribution in [3.05, 3.63) is 59.7 Å². The summed E-state index contributed by atoms with van der Waals surface area (Å²) in [6.45, 7) is 0.722. The molecule has 2 fully saturated rings. The highest BCUT2D eigenvalue weighted by atomic mass is 16.2. The summed E-state index contributed by atoms with van der Waals surface area (Å²) in [5.74, 6) is 0.0194. The van der Waals surface area contributed by atoms with Crippen molar-refractivity contribution in [3.63, 3.8) is 0 Å². The van der Waals surface area contributed by atoms with Crippen LogP contribution in [0.3, 0.4) is 0 Å². The van der Waals surface area contributed by atoms with Crippen molar-refractivity contribution in [2.75, 3.05) is 0 Å². The van der Waals surface area contributed by atoms with Crippen LogP contribution in [0.1, 0.15) is 41.6 Å². The zero-order chi connectivity index (χ0) is 19.8. The van der Waals surface area contributed by atoms with Crippen LogP contribution in [0.5, 0.6) is 0 Å². The highest BCUT2D eigenvalue weighted by Gasteiger charge is 2.33. The van der Waals surface area contributed by atoms with Gasteiger partial charge >= 0.3 is 0 Å². The second-order valence-corrected chi connectivity index (χ2v) is 7.93. The minimum Gasteiger partial charge on any atom is -0.349 e. The summed E-state index contributed by atoms with van der Waals surface area (Å²) in [4.78, 5) is 27.1. The third-order valence-corrected chi connectivity index (χ3v) is 5.49. The normalized spacial score (nSPS) is 16.0. The summed E-state index contributed by atoms with van der Waals surface area (Å²) >= 11 is 0. The topological polar surface area (TPSA) is 80.1 Å². The largest absolute Gasteiger partial charge is 0.349 e. The second-order valence-electron chi connectivity index (χ2n) is 7.93. The lowest BCUT2D eigenvalue weighted by Gasteiger charge is -2.22. The molecule has 5 rings (SSSR count). The van der Waals surface area contributed by atoms with Gasteiger partial charge in [0.05, 0.1) is 5.52 Å². The summed E-state index contributed by atoms with van der Waals surface area (Å²) in [5, 5.41) is 11.3. The molecule has 1 aromatic heterocycles. The maximum absolute atomic E-state index is 13.0. The predicted molar refractivity (Wildman–Crippen MR) is 108 cm³/mol. The van der Waals surface area contributed by atoms with Crippen LogP contribution in [-0.4, -0.2) is 43.8 Å². The Morgan fingerprint density at radius 1 is 1.03 bits per heavy atom. The Balaban J connectivity index is 1.27. The molecule has 2 amide bonds. The number of rotatable bonds is 7. The van der Waals surface area contributed by atoms with E-state index >= 15 is 0 Å². The lowest BCUT2D eigenvalue weighted by atomic mass is 10.1. The lowest BCUT2D eigenvalue weighted by Crippen LogP contribution is -2.35. The SMILES string of the molecule is O=C(NC1CC1)c1ccc(CN(C(=O)Cn2nnc3ccccc32)C2CC2)cc1. The van der Waals surface area contributed by atoms with Gasteiger partial charge in [0.15, 0.2) is 0 Å². The second kappa shape index (κ2) is 7.31. The van der Waals surface area contributed by atoms with Gasteiger partial charge in [0.2, 0.25) is 5.91 Å². The number of nitrogens with one attached hydrogen (secondary N) is 1. The first-order valence-electron chi connectivity index (χ1n) is 10.1. The summed E-state index contributed by atoms with van der Waals surface area (Å²) in [7, 11) is 0. The Kier molecular flexibility index (Phi) is 4.50. The molecule has 0 spiro atoms. The molecule has 3 aromatic rings. The van der Waals surface area contributed by atoms with E-state index < -0.39 is 0 Å². The van der Waals surface area contributed by atoms with Gasteiger partial charge < -0.3 is 10.2 Å². The van der Waals surface area contributed by atoms with E-state index in [2.05, 4.69) is 15.6 Å². The molecular weight excluding hydrogens is 366 g/mol. The molecule has 148 valence electrons. The van der Waals surface area contributed by atoms with Crippen molar-refractivity contribution in [2.45, 2.75) is 50.9 Å². The fraction of sp³-hybridized carbons (Fsp3) is 0.364. The maximum atomic E-state index is 13.0. The van der Waals surface area contributed by atoms with Crippen molar-refractivity contribution >= 4 is 22.8 Å². The minimum absolute atomic E-state index is 0.0211. The number of carbonyl (C=O) groups excluding carboxylic acids is 2. The smallest absolute Gasteiger partial charge is 0.251 e. The summed E-state index contributed by atoms with van der Waals surface area (Å²) in [6, 6.07) is 15.8. The summed E-state index contributed by atoms with van der Waals surface area (Å²) in [6.07, 6.45) is 4.21. The van der Waals surface area contributed by atoms with Gasteiger partial charge in [0, 0.05) is 24.2 Å². The maximum Gasteiger partial charge on any atom is 0.251 e. The van der Waals surface area contributed by atoms with Crippen molar-refractivity contribution in [2.24, 2.45) is 0 Å². The Morgan fingerprint density at radius 2 is 1.79 bits per heavy atom. The molecule has 29 heavy (non-hydrogen) atoms. The first-order valence-corrected chi connectivity index (χ1v) is 10.1. The van der Waals surface area contributed by atoms with E-state index in [9.17, 15) is 9.59 Å². The van der Waals surface area contributed by atoms with Crippen LogP contribution in [0.4, 0.5) is 0 Å². The number of amides is 2. The molecule has 2 saturated carbocycles. The van der Waals surface area contributed by atoms with E-state index in [1.807, 2.05) is 53.4 Å². The molecule has 0 saturated heterocycles. The zero-order valence-corrected chi connectivity index (χ0v) is 16.1. The molecule has 1 heterocycles. The molecule has 0 atom stereocenters. The van der Waals surface area contributed by atoms with Crippen LogP contribution in [0.25, 0.3) is 11.0 Å². The summed E-state index contributed by atoms with van der Waals surface area (Å²) < 4.78 is 1.67. The van der Waals surface area contributed by atoms with Gasteiger partial charge in [-0.2, -0.15) is 0 Å². The Morgan fingerprint density at radius 3 is 2.52 bits per heavy atom. The molecule has 0 bridgehead atoms. The average Bonchev–Trinajstić information content (AvgIpc) is 3.67. The van der Waals surface area contributed by atoms with E-state index in [0.717, 1.165) is 42.3 Å². The number of para-hydroxylation sites is 1. The van der Waals surface area contributed by atoms with Crippen molar-refractivity contribution in [1.82, 2.24) is 25.2 Å².